The monoisotopic (exact) mass is 1360 g/mol. The third-order valence-corrected chi connectivity index (χ3v) is 18.8. The third-order valence-electron chi connectivity index (χ3n) is 18.7. The lowest BCUT2D eigenvalue weighted by Gasteiger charge is -2.43. The molecule has 28 unspecified atom stereocenters. The molecule has 0 aromatic carbocycles. The molecule has 0 aromatic rings. The summed E-state index contributed by atoms with van der Waals surface area (Å²) in [5, 5.41) is 235. The van der Waals surface area contributed by atoms with Crippen LogP contribution < -0.4 is 0 Å². The molecule has 0 spiro atoms. The van der Waals surface area contributed by atoms with Gasteiger partial charge >= 0.3 is 0 Å². The van der Waals surface area contributed by atoms with Crippen LogP contribution in [0.4, 0.5) is 0 Å². The zero-order valence-electron chi connectivity index (χ0n) is 55.1. The smallest absolute Gasteiger partial charge is 0.115 e. The van der Waals surface area contributed by atoms with Crippen LogP contribution in [0.1, 0.15) is 188 Å². The highest BCUT2D eigenvalue weighted by atomic mass is 35.5. The molecule has 0 bridgehead atoms. The van der Waals surface area contributed by atoms with Crippen molar-refractivity contribution in [1.82, 2.24) is 0 Å². The highest BCUT2D eigenvalue weighted by molar-refractivity contribution is 6.25. The Morgan fingerprint density at radius 2 is 1.06 bits per heavy atom. The van der Waals surface area contributed by atoms with E-state index in [4.69, 9.17) is 26.2 Å². The number of hydrogen-bond donors (Lipinski definition) is 22. The van der Waals surface area contributed by atoms with Gasteiger partial charge in [0.05, 0.1) is 92.1 Å². The van der Waals surface area contributed by atoms with Gasteiger partial charge < -0.3 is 122 Å². The molecule has 28 atom stereocenters. The number of ether oxygens (including phenoxy) is 2. The Morgan fingerprint density at radius 3 is 1.70 bits per heavy atom. The van der Waals surface area contributed by atoms with Crippen LogP contribution in [0.3, 0.4) is 0 Å². The molecule has 0 radical (unpaired) electrons. The van der Waals surface area contributed by atoms with Crippen molar-refractivity contribution in [3.8, 4) is 0 Å². The van der Waals surface area contributed by atoms with Crippen molar-refractivity contribution < 1.29 is 122 Å². The Kier molecular flexibility index (Phi) is 44.9. The fourth-order valence-electron chi connectivity index (χ4n) is 12.2. The van der Waals surface area contributed by atoms with Crippen molar-refractivity contribution >= 4 is 11.6 Å². The van der Waals surface area contributed by atoms with E-state index >= 15 is 0 Å². The number of halogens is 1. The SMILES string of the molecule is C=C(CCC(O)C1OC(CC(O)C(O)C(C)CCCC(O)C(O)C(O)C(C)CCC(O)C(O)C(C)CC(O)CCCC(O)CCCC(O)C=CCC(O)CO)C(O)C(O)C1O)C(O)C(O)C1CC(O)C(O)C(C(O)C(O)C=CCCCCCCCCCC=CC=CCl)O1. The molecule has 2 fully saturated rings. The summed E-state index contributed by atoms with van der Waals surface area (Å²) >= 11 is 5.50. The Labute approximate surface area is 556 Å². The topological polar surface area (TPSA) is 464 Å². The standard InChI is InChI=1S/C68H123ClO24/c1-40(22-18-30-48(75)60(85)58(83)41(2)31-33-50(77)57(82)43(4)36-46(73)27-20-25-44(71)23-19-24-45(72)26-21-28-47(74)39-70)56(81)52(79)37-55-64(89)65(90)66(91)67(92-55)51(78)34-32-42(3)59(84)63(88)54-38-53(80)62(87)68(93-54)61(86)49(76)29-16-14-12-10-8-6-5-7-9-11-13-15-17-35-69/h13,15-17,21,26,29,35,40-41,43-68,70-91H,3,5-12,14,18-20,22-25,27-28,30-34,36-39H2,1-2,4H3. The van der Waals surface area contributed by atoms with E-state index in [0.717, 1.165) is 51.4 Å². The van der Waals surface area contributed by atoms with Gasteiger partial charge in [0.2, 0.25) is 0 Å². The van der Waals surface area contributed by atoms with Gasteiger partial charge in [0.25, 0.3) is 0 Å². The Balaban J connectivity index is 1.79. The van der Waals surface area contributed by atoms with Gasteiger partial charge in [0.1, 0.15) is 67.1 Å². The molecule has 2 heterocycles. The summed E-state index contributed by atoms with van der Waals surface area (Å²) in [6.07, 6.45) is -12.4. The molecule has 24 nitrogen and oxygen atoms in total. The highest BCUT2D eigenvalue weighted by Crippen LogP contribution is 2.33. The molecule has 0 aliphatic carbocycles. The van der Waals surface area contributed by atoms with Crippen molar-refractivity contribution in [2.24, 2.45) is 17.8 Å². The van der Waals surface area contributed by atoms with Crippen LogP contribution in [0.2, 0.25) is 0 Å². The molecule has 0 saturated carbocycles. The molecule has 25 heteroatoms. The molecule has 2 aliphatic rings. The van der Waals surface area contributed by atoms with E-state index in [1.807, 2.05) is 6.08 Å². The fraction of sp³-hybridized carbons (Fsp3) is 0.853. The molecule has 93 heavy (non-hydrogen) atoms. The summed E-state index contributed by atoms with van der Waals surface area (Å²) in [6, 6.07) is 0. The summed E-state index contributed by atoms with van der Waals surface area (Å²) in [6.45, 7) is 8.35. The van der Waals surface area contributed by atoms with Gasteiger partial charge in [-0.3, -0.25) is 0 Å². The van der Waals surface area contributed by atoms with Crippen molar-refractivity contribution in [2.45, 2.75) is 340 Å². The molecule has 22 N–H and O–H groups in total. The average molecular weight is 1360 g/mol. The molecule has 2 rings (SSSR count). The summed E-state index contributed by atoms with van der Waals surface area (Å²) in [4.78, 5) is 0. The Bertz CT molecular complexity index is 2040. The first kappa shape index (κ1) is 87.1. The van der Waals surface area contributed by atoms with Crippen molar-refractivity contribution in [1.29, 1.82) is 0 Å². The number of aliphatic hydroxyl groups is 22. The second-order valence-electron chi connectivity index (χ2n) is 26.8. The lowest BCUT2D eigenvalue weighted by molar-refractivity contribution is -0.250. The van der Waals surface area contributed by atoms with Crippen LogP contribution in [0.25, 0.3) is 0 Å². The minimum Gasteiger partial charge on any atom is -0.394 e. The summed E-state index contributed by atoms with van der Waals surface area (Å²) in [7, 11) is 0. The van der Waals surface area contributed by atoms with Gasteiger partial charge in [-0.2, -0.15) is 0 Å². The second kappa shape index (κ2) is 47.9. The maximum atomic E-state index is 11.2. The number of aliphatic hydroxyl groups excluding tert-OH is 22. The maximum Gasteiger partial charge on any atom is 0.115 e. The van der Waals surface area contributed by atoms with E-state index in [1.165, 1.54) is 11.6 Å². The van der Waals surface area contributed by atoms with Gasteiger partial charge in [-0.05, 0) is 139 Å². The first-order valence-corrected chi connectivity index (χ1v) is 34.6. The first-order chi connectivity index (χ1) is 44.0. The molecular formula is C68H123ClO24. The number of hydrogen-bond acceptors (Lipinski definition) is 24. The van der Waals surface area contributed by atoms with Crippen LogP contribution in [0, 0.1) is 17.8 Å². The number of allylic oxidation sites excluding steroid dienone is 4. The predicted octanol–water partition coefficient (Wildman–Crippen LogP) is 1.12. The zero-order chi connectivity index (χ0) is 69.9. The average Bonchev–Trinajstić information content (AvgIpc) is 0.823. The first-order valence-electron chi connectivity index (χ1n) is 34.1. The van der Waals surface area contributed by atoms with Crippen molar-refractivity contribution in [2.75, 3.05) is 6.61 Å². The van der Waals surface area contributed by atoms with E-state index in [-0.39, 0.29) is 76.4 Å². The van der Waals surface area contributed by atoms with Crippen LogP contribution in [0.15, 0.2) is 60.2 Å². The zero-order valence-corrected chi connectivity index (χ0v) is 55.9. The number of rotatable bonds is 51. The van der Waals surface area contributed by atoms with Crippen LogP contribution >= 0.6 is 11.6 Å². The predicted molar refractivity (Wildman–Crippen MR) is 350 cm³/mol. The second-order valence-corrected chi connectivity index (χ2v) is 27.0. The van der Waals surface area contributed by atoms with E-state index < -0.39 is 177 Å². The fourth-order valence-corrected chi connectivity index (χ4v) is 12.3. The largest absolute Gasteiger partial charge is 0.394 e. The van der Waals surface area contributed by atoms with Gasteiger partial charge in [-0.15, -0.1) is 0 Å². The molecule has 2 aliphatic heterocycles. The van der Waals surface area contributed by atoms with Gasteiger partial charge in [0, 0.05) is 18.4 Å². The van der Waals surface area contributed by atoms with E-state index in [1.54, 1.807) is 45.1 Å². The maximum absolute atomic E-state index is 11.2. The summed E-state index contributed by atoms with van der Waals surface area (Å²) in [5.41, 5.74) is 1.42. The quantitative estimate of drug-likeness (QED) is 0.0230. The van der Waals surface area contributed by atoms with Crippen LogP contribution in [-0.2, 0) is 9.47 Å². The van der Waals surface area contributed by atoms with Crippen LogP contribution in [0.5, 0.6) is 0 Å². The molecule has 2 saturated heterocycles. The highest BCUT2D eigenvalue weighted by Gasteiger charge is 2.49. The minimum absolute atomic E-state index is 0.0252. The Morgan fingerprint density at radius 1 is 0.495 bits per heavy atom. The van der Waals surface area contributed by atoms with Crippen LogP contribution in [-0.4, -0.2) is 272 Å². The Hall–Kier alpha value is -1.97. The van der Waals surface area contributed by atoms with Gasteiger partial charge in [-0.1, -0.05) is 120 Å². The van der Waals surface area contributed by atoms with Crippen molar-refractivity contribution in [3.63, 3.8) is 0 Å². The van der Waals surface area contributed by atoms with E-state index in [0.29, 0.717) is 44.9 Å². The van der Waals surface area contributed by atoms with Gasteiger partial charge in [-0.25, -0.2) is 0 Å². The van der Waals surface area contributed by atoms with E-state index in [2.05, 4.69) is 12.7 Å². The lowest BCUT2D eigenvalue weighted by Crippen LogP contribution is -2.61. The normalized spacial score (nSPS) is 28.0. The van der Waals surface area contributed by atoms with E-state index in [9.17, 15) is 107 Å². The summed E-state index contributed by atoms with van der Waals surface area (Å²) in [5.74, 6) is -1.79. The van der Waals surface area contributed by atoms with Crippen molar-refractivity contribution in [3.05, 3.63) is 60.2 Å². The molecule has 0 amide bonds. The number of unbranched alkanes of at least 4 members (excludes halogenated alkanes) is 8. The lowest BCUT2D eigenvalue weighted by atomic mass is 9.85. The molecular weight excluding hydrogens is 1240 g/mol. The third kappa shape index (κ3) is 32.7. The summed E-state index contributed by atoms with van der Waals surface area (Å²) < 4.78 is 11.6. The minimum atomic E-state index is -1.87. The molecule has 546 valence electrons. The van der Waals surface area contributed by atoms with Gasteiger partial charge in [0.15, 0.2) is 0 Å². The molecule has 0 aromatic heterocycles.